The summed E-state index contributed by atoms with van der Waals surface area (Å²) >= 11 is 9.39. The fraction of sp³-hybridized carbons (Fsp3) is 0.250. The number of hydrogen-bond donors (Lipinski definition) is 1. The SMILES string of the molecule is CCNCc1ccn(-c2ccc(Cl)cc2Br)n1. The van der Waals surface area contributed by atoms with Crippen LogP contribution >= 0.6 is 27.5 Å². The van der Waals surface area contributed by atoms with E-state index in [1.54, 1.807) is 0 Å². The summed E-state index contributed by atoms with van der Waals surface area (Å²) in [4.78, 5) is 0. The molecule has 1 heterocycles. The van der Waals surface area contributed by atoms with Crippen LogP contribution in [0, 0.1) is 0 Å². The Balaban J connectivity index is 2.24. The minimum atomic E-state index is 0.709. The fourth-order valence-corrected chi connectivity index (χ4v) is 2.37. The van der Waals surface area contributed by atoms with Crippen LogP contribution in [0.1, 0.15) is 12.6 Å². The van der Waals surface area contributed by atoms with Crippen molar-refractivity contribution in [2.45, 2.75) is 13.5 Å². The van der Waals surface area contributed by atoms with Crippen LogP contribution in [0.3, 0.4) is 0 Å². The van der Waals surface area contributed by atoms with Gasteiger partial charge in [-0.1, -0.05) is 18.5 Å². The maximum Gasteiger partial charge on any atom is 0.0788 e. The molecule has 0 saturated heterocycles. The average molecular weight is 315 g/mol. The Kier molecular flexibility index (Phi) is 4.20. The molecule has 1 N–H and O–H groups in total. The van der Waals surface area contributed by atoms with E-state index in [4.69, 9.17) is 11.6 Å². The molecule has 0 radical (unpaired) electrons. The lowest BCUT2D eigenvalue weighted by atomic mass is 10.3. The fourth-order valence-electron chi connectivity index (χ4n) is 1.51. The topological polar surface area (TPSA) is 29.9 Å². The zero-order chi connectivity index (χ0) is 12.3. The maximum absolute atomic E-state index is 5.91. The van der Waals surface area contributed by atoms with Crippen molar-refractivity contribution in [3.8, 4) is 5.69 Å². The summed E-state index contributed by atoms with van der Waals surface area (Å²) in [6.45, 7) is 3.80. The largest absolute Gasteiger partial charge is 0.311 e. The van der Waals surface area contributed by atoms with Gasteiger partial charge in [-0.15, -0.1) is 0 Å². The van der Waals surface area contributed by atoms with Gasteiger partial charge in [0.1, 0.15) is 0 Å². The standard InChI is InChI=1S/C12H13BrClN3/c1-2-15-8-10-5-6-17(16-10)12-4-3-9(14)7-11(12)13/h3-7,15H,2,8H2,1H3. The molecule has 0 bridgehead atoms. The molecule has 0 saturated carbocycles. The van der Waals surface area contributed by atoms with Crippen molar-refractivity contribution in [3.63, 3.8) is 0 Å². The van der Waals surface area contributed by atoms with Crippen molar-refractivity contribution in [1.29, 1.82) is 0 Å². The quantitative estimate of drug-likeness (QED) is 0.937. The predicted molar refractivity (Wildman–Crippen MR) is 73.7 cm³/mol. The predicted octanol–water partition coefficient (Wildman–Crippen LogP) is 3.40. The molecular weight excluding hydrogens is 302 g/mol. The third-order valence-electron chi connectivity index (χ3n) is 2.36. The minimum absolute atomic E-state index is 0.709. The first kappa shape index (κ1) is 12.6. The molecule has 0 aliphatic rings. The number of nitrogens with one attached hydrogen (secondary N) is 1. The van der Waals surface area contributed by atoms with Gasteiger partial charge in [-0.05, 0) is 46.7 Å². The molecule has 0 aliphatic heterocycles. The molecule has 0 spiro atoms. The summed E-state index contributed by atoms with van der Waals surface area (Å²) in [6.07, 6.45) is 1.95. The third kappa shape index (κ3) is 3.09. The Hall–Kier alpha value is -0.840. The van der Waals surface area contributed by atoms with Crippen LogP contribution in [0.2, 0.25) is 5.02 Å². The molecule has 2 rings (SSSR count). The molecule has 90 valence electrons. The molecule has 17 heavy (non-hydrogen) atoms. The average Bonchev–Trinajstić information content (AvgIpc) is 2.75. The van der Waals surface area contributed by atoms with Crippen LogP contribution in [-0.4, -0.2) is 16.3 Å². The Morgan fingerprint density at radius 3 is 2.94 bits per heavy atom. The lowest BCUT2D eigenvalue weighted by Crippen LogP contribution is -2.12. The number of aromatic nitrogens is 2. The number of nitrogens with zero attached hydrogens (tertiary/aromatic N) is 2. The highest BCUT2D eigenvalue weighted by Gasteiger charge is 2.05. The normalized spacial score (nSPS) is 10.8. The molecule has 0 amide bonds. The first-order chi connectivity index (χ1) is 8.20. The van der Waals surface area contributed by atoms with E-state index in [1.165, 1.54) is 0 Å². The van der Waals surface area contributed by atoms with Crippen molar-refractivity contribution in [2.75, 3.05) is 6.54 Å². The molecule has 0 unspecified atom stereocenters. The summed E-state index contributed by atoms with van der Waals surface area (Å²) in [5.74, 6) is 0. The van der Waals surface area contributed by atoms with Crippen molar-refractivity contribution >= 4 is 27.5 Å². The second kappa shape index (κ2) is 5.67. The summed E-state index contributed by atoms with van der Waals surface area (Å²) in [6, 6.07) is 7.66. The first-order valence-electron chi connectivity index (χ1n) is 5.41. The van der Waals surface area contributed by atoms with Crippen LogP contribution in [0.5, 0.6) is 0 Å². The summed E-state index contributed by atoms with van der Waals surface area (Å²) in [5, 5.41) is 8.44. The van der Waals surface area contributed by atoms with Crippen molar-refractivity contribution in [3.05, 3.63) is 45.7 Å². The second-order valence-corrected chi connectivity index (χ2v) is 4.92. The van der Waals surface area contributed by atoms with E-state index in [2.05, 4.69) is 33.3 Å². The van der Waals surface area contributed by atoms with Gasteiger partial charge >= 0.3 is 0 Å². The molecule has 3 nitrogen and oxygen atoms in total. The van der Waals surface area contributed by atoms with E-state index < -0.39 is 0 Å². The van der Waals surface area contributed by atoms with Gasteiger partial charge in [-0.25, -0.2) is 4.68 Å². The van der Waals surface area contributed by atoms with Gasteiger partial charge in [-0.3, -0.25) is 0 Å². The Morgan fingerprint density at radius 1 is 1.41 bits per heavy atom. The van der Waals surface area contributed by atoms with Gasteiger partial charge in [0.2, 0.25) is 0 Å². The van der Waals surface area contributed by atoms with Crippen molar-refractivity contribution < 1.29 is 0 Å². The Morgan fingerprint density at radius 2 is 2.24 bits per heavy atom. The lowest BCUT2D eigenvalue weighted by molar-refractivity contribution is 0.696. The second-order valence-electron chi connectivity index (χ2n) is 3.63. The highest BCUT2D eigenvalue weighted by Crippen LogP contribution is 2.24. The van der Waals surface area contributed by atoms with Crippen molar-refractivity contribution in [1.82, 2.24) is 15.1 Å². The molecule has 0 fully saturated rings. The van der Waals surface area contributed by atoms with Gasteiger partial charge in [0.25, 0.3) is 0 Å². The first-order valence-corrected chi connectivity index (χ1v) is 6.58. The third-order valence-corrected chi connectivity index (χ3v) is 3.23. The molecule has 1 aromatic carbocycles. The number of benzene rings is 1. The van der Waals surface area contributed by atoms with Gasteiger partial charge in [0, 0.05) is 22.2 Å². The van der Waals surface area contributed by atoms with Crippen LogP contribution in [-0.2, 0) is 6.54 Å². The van der Waals surface area contributed by atoms with Gasteiger partial charge in [0.15, 0.2) is 0 Å². The van der Waals surface area contributed by atoms with Gasteiger partial charge in [-0.2, -0.15) is 5.10 Å². The molecule has 0 aliphatic carbocycles. The zero-order valence-electron chi connectivity index (χ0n) is 9.45. The van der Waals surface area contributed by atoms with E-state index in [0.29, 0.717) is 5.02 Å². The van der Waals surface area contributed by atoms with Crippen molar-refractivity contribution in [2.24, 2.45) is 0 Å². The summed E-state index contributed by atoms with van der Waals surface area (Å²) in [7, 11) is 0. The van der Waals surface area contributed by atoms with E-state index in [-0.39, 0.29) is 0 Å². The van der Waals surface area contributed by atoms with Crippen LogP contribution < -0.4 is 5.32 Å². The number of halogens is 2. The highest BCUT2D eigenvalue weighted by molar-refractivity contribution is 9.10. The van der Waals surface area contributed by atoms with E-state index in [0.717, 1.165) is 28.9 Å². The highest BCUT2D eigenvalue weighted by atomic mass is 79.9. The van der Waals surface area contributed by atoms with E-state index >= 15 is 0 Å². The minimum Gasteiger partial charge on any atom is -0.311 e. The molecule has 2 aromatic rings. The zero-order valence-corrected chi connectivity index (χ0v) is 11.8. The summed E-state index contributed by atoms with van der Waals surface area (Å²) in [5.41, 5.74) is 2.01. The van der Waals surface area contributed by atoms with Crippen LogP contribution in [0.15, 0.2) is 34.9 Å². The van der Waals surface area contributed by atoms with Crippen LogP contribution in [0.4, 0.5) is 0 Å². The summed E-state index contributed by atoms with van der Waals surface area (Å²) < 4.78 is 2.77. The Labute approximate surface area is 114 Å². The monoisotopic (exact) mass is 313 g/mol. The molecular formula is C12H13BrClN3. The number of rotatable bonds is 4. The molecule has 0 atom stereocenters. The maximum atomic E-state index is 5.91. The lowest BCUT2D eigenvalue weighted by Gasteiger charge is -2.04. The molecule has 1 aromatic heterocycles. The van der Waals surface area contributed by atoms with E-state index in [9.17, 15) is 0 Å². The van der Waals surface area contributed by atoms with Gasteiger partial charge < -0.3 is 5.32 Å². The van der Waals surface area contributed by atoms with Gasteiger partial charge in [0.05, 0.1) is 11.4 Å². The molecule has 5 heteroatoms. The van der Waals surface area contributed by atoms with Crippen LogP contribution in [0.25, 0.3) is 5.69 Å². The Bertz CT molecular complexity index is 510. The van der Waals surface area contributed by atoms with E-state index in [1.807, 2.05) is 35.1 Å². The number of hydrogen-bond acceptors (Lipinski definition) is 2. The smallest absolute Gasteiger partial charge is 0.0788 e.